The summed E-state index contributed by atoms with van der Waals surface area (Å²) in [6.07, 6.45) is 0. The normalized spacial score (nSPS) is 10.2. The fourth-order valence-corrected chi connectivity index (χ4v) is 2.28. The Kier molecular flexibility index (Phi) is 6.39. The molecule has 0 spiro atoms. The van der Waals surface area contributed by atoms with Crippen LogP contribution in [0.15, 0.2) is 48.5 Å². The highest BCUT2D eigenvalue weighted by Crippen LogP contribution is 2.12. The molecule has 0 bridgehead atoms. The van der Waals surface area contributed by atoms with Crippen LogP contribution in [0.1, 0.15) is 21.5 Å². The third-order valence-electron chi connectivity index (χ3n) is 3.70. The molecule has 0 fully saturated rings. The zero-order chi connectivity index (χ0) is 18.2. The van der Waals surface area contributed by atoms with Crippen molar-refractivity contribution in [1.82, 2.24) is 10.2 Å². The molecule has 0 aromatic heterocycles. The number of hydrogen-bond donors (Lipinski definition) is 2. The quantitative estimate of drug-likeness (QED) is 0.810. The molecule has 0 saturated carbocycles. The molecule has 25 heavy (non-hydrogen) atoms. The number of nitrogens with zero attached hydrogens (tertiary/aromatic N) is 1. The first-order chi connectivity index (χ1) is 12.0. The van der Waals surface area contributed by atoms with Crippen molar-refractivity contribution in [3.8, 4) is 5.75 Å². The van der Waals surface area contributed by atoms with E-state index >= 15 is 0 Å². The number of primary amides is 1. The van der Waals surface area contributed by atoms with E-state index in [1.165, 1.54) is 0 Å². The summed E-state index contributed by atoms with van der Waals surface area (Å²) in [5.41, 5.74) is 7.62. The zero-order valence-corrected chi connectivity index (χ0v) is 14.5. The highest BCUT2D eigenvalue weighted by molar-refractivity contribution is 5.94. The van der Waals surface area contributed by atoms with Crippen LogP contribution in [0.5, 0.6) is 5.75 Å². The number of carbonyl (C=O) groups excluding carboxylic acids is 2. The van der Waals surface area contributed by atoms with Gasteiger partial charge in [-0.25, -0.2) is 4.79 Å². The predicted molar refractivity (Wildman–Crippen MR) is 96.5 cm³/mol. The van der Waals surface area contributed by atoms with Crippen LogP contribution in [0.2, 0.25) is 0 Å². The molecule has 0 aliphatic heterocycles. The molecule has 0 saturated heterocycles. The van der Waals surface area contributed by atoms with Gasteiger partial charge in [0.15, 0.2) is 0 Å². The Morgan fingerprint density at radius 2 is 1.88 bits per heavy atom. The average Bonchev–Trinajstić information content (AvgIpc) is 2.59. The van der Waals surface area contributed by atoms with Gasteiger partial charge in [0.2, 0.25) is 0 Å². The van der Waals surface area contributed by atoms with Gasteiger partial charge in [0, 0.05) is 19.2 Å². The van der Waals surface area contributed by atoms with Gasteiger partial charge in [-0.05, 0) is 42.3 Å². The number of carbonyl (C=O) groups is 2. The number of aryl methyl sites for hydroxylation is 1. The van der Waals surface area contributed by atoms with E-state index < -0.39 is 6.03 Å². The van der Waals surface area contributed by atoms with Crippen molar-refractivity contribution in [2.45, 2.75) is 13.5 Å². The van der Waals surface area contributed by atoms with Crippen molar-refractivity contribution in [2.75, 3.05) is 20.2 Å². The van der Waals surface area contributed by atoms with Crippen LogP contribution >= 0.6 is 0 Å². The van der Waals surface area contributed by atoms with Crippen LogP contribution in [-0.4, -0.2) is 37.0 Å². The largest absolute Gasteiger partial charge is 0.492 e. The Balaban J connectivity index is 1.83. The number of amides is 3. The fraction of sp³-hybridized carbons (Fsp3) is 0.263. The summed E-state index contributed by atoms with van der Waals surface area (Å²) in [7, 11) is 1.74. The van der Waals surface area contributed by atoms with Crippen molar-refractivity contribution in [3.05, 3.63) is 65.2 Å². The Hall–Kier alpha value is -3.02. The van der Waals surface area contributed by atoms with Crippen LogP contribution < -0.4 is 15.8 Å². The van der Waals surface area contributed by atoms with Gasteiger partial charge in [0.05, 0.1) is 6.54 Å². The number of likely N-dealkylation sites (N-methyl/N-ethyl adjacent to an activating group) is 1. The van der Waals surface area contributed by atoms with E-state index in [-0.39, 0.29) is 5.91 Å². The van der Waals surface area contributed by atoms with Crippen LogP contribution in [-0.2, 0) is 6.54 Å². The van der Waals surface area contributed by atoms with Crippen molar-refractivity contribution in [3.63, 3.8) is 0 Å². The van der Waals surface area contributed by atoms with Crippen molar-refractivity contribution >= 4 is 11.9 Å². The van der Waals surface area contributed by atoms with Crippen molar-refractivity contribution in [1.29, 1.82) is 0 Å². The number of rotatable bonds is 7. The Labute approximate surface area is 147 Å². The Morgan fingerprint density at radius 1 is 1.16 bits per heavy atom. The zero-order valence-electron chi connectivity index (χ0n) is 14.5. The molecule has 0 unspecified atom stereocenters. The molecular formula is C19H23N3O3. The lowest BCUT2D eigenvalue weighted by Crippen LogP contribution is -2.31. The minimum Gasteiger partial charge on any atom is -0.492 e. The molecule has 0 radical (unpaired) electrons. The number of urea groups is 1. The molecule has 0 aliphatic rings. The second-order valence-corrected chi connectivity index (χ2v) is 5.81. The van der Waals surface area contributed by atoms with Crippen LogP contribution in [0.3, 0.4) is 0 Å². The minimum atomic E-state index is -0.575. The van der Waals surface area contributed by atoms with E-state index in [1.807, 2.05) is 31.2 Å². The van der Waals surface area contributed by atoms with E-state index in [4.69, 9.17) is 10.5 Å². The van der Waals surface area contributed by atoms with Gasteiger partial charge < -0.3 is 20.7 Å². The van der Waals surface area contributed by atoms with Crippen LogP contribution in [0.25, 0.3) is 0 Å². The van der Waals surface area contributed by atoms with Gasteiger partial charge in [-0.1, -0.05) is 24.3 Å². The molecule has 0 heterocycles. The molecule has 3 N–H and O–H groups in total. The molecule has 2 rings (SSSR count). The van der Waals surface area contributed by atoms with Gasteiger partial charge in [-0.15, -0.1) is 0 Å². The van der Waals surface area contributed by atoms with E-state index in [0.717, 1.165) is 16.9 Å². The molecule has 0 aliphatic carbocycles. The standard InChI is InChI=1S/C19H23N3O3/c1-14-4-3-5-17(12-14)25-11-10-22(2)18(23)16-8-6-15(7-9-16)13-21-19(20)24/h3-9,12H,10-11,13H2,1-2H3,(H3,20,21,24). The van der Waals surface area contributed by atoms with E-state index in [0.29, 0.717) is 25.3 Å². The van der Waals surface area contributed by atoms with Gasteiger partial charge in [-0.2, -0.15) is 0 Å². The SMILES string of the molecule is Cc1cccc(OCCN(C)C(=O)c2ccc(CNC(N)=O)cc2)c1. The number of nitrogens with one attached hydrogen (secondary N) is 1. The molecule has 132 valence electrons. The monoisotopic (exact) mass is 341 g/mol. The summed E-state index contributed by atoms with van der Waals surface area (Å²) in [4.78, 5) is 24.7. The summed E-state index contributed by atoms with van der Waals surface area (Å²) < 4.78 is 5.67. The fourth-order valence-electron chi connectivity index (χ4n) is 2.28. The topological polar surface area (TPSA) is 84.7 Å². The lowest BCUT2D eigenvalue weighted by Gasteiger charge is -2.18. The van der Waals surface area contributed by atoms with Crippen LogP contribution in [0.4, 0.5) is 4.79 Å². The maximum absolute atomic E-state index is 12.4. The van der Waals surface area contributed by atoms with Gasteiger partial charge in [0.1, 0.15) is 12.4 Å². The number of hydrogen-bond acceptors (Lipinski definition) is 3. The molecule has 6 heteroatoms. The second kappa shape index (κ2) is 8.73. The lowest BCUT2D eigenvalue weighted by atomic mass is 10.1. The maximum Gasteiger partial charge on any atom is 0.312 e. The third kappa shape index (κ3) is 5.84. The predicted octanol–water partition coefficient (Wildman–Crippen LogP) is 2.31. The highest BCUT2D eigenvalue weighted by Gasteiger charge is 2.11. The summed E-state index contributed by atoms with van der Waals surface area (Å²) in [6, 6.07) is 14.3. The lowest BCUT2D eigenvalue weighted by molar-refractivity contribution is 0.0773. The van der Waals surface area contributed by atoms with E-state index in [1.54, 1.807) is 36.2 Å². The smallest absolute Gasteiger partial charge is 0.312 e. The molecular weight excluding hydrogens is 318 g/mol. The summed E-state index contributed by atoms with van der Waals surface area (Å²) in [5.74, 6) is 0.717. The van der Waals surface area contributed by atoms with E-state index in [9.17, 15) is 9.59 Å². The number of benzene rings is 2. The summed E-state index contributed by atoms with van der Waals surface area (Å²) >= 11 is 0. The first-order valence-electron chi connectivity index (χ1n) is 8.03. The maximum atomic E-state index is 12.4. The highest BCUT2D eigenvalue weighted by atomic mass is 16.5. The van der Waals surface area contributed by atoms with Crippen molar-refractivity contribution in [2.24, 2.45) is 5.73 Å². The Bertz CT molecular complexity index is 729. The second-order valence-electron chi connectivity index (χ2n) is 5.81. The third-order valence-corrected chi connectivity index (χ3v) is 3.70. The first kappa shape index (κ1) is 18.3. The summed E-state index contributed by atoms with van der Waals surface area (Å²) in [6.45, 7) is 3.25. The molecule has 0 atom stereocenters. The van der Waals surface area contributed by atoms with Crippen molar-refractivity contribution < 1.29 is 14.3 Å². The summed E-state index contributed by atoms with van der Waals surface area (Å²) in [5, 5.41) is 2.51. The first-order valence-corrected chi connectivity index (χ1v) is 8.03. The molecule has 6 nitrogen and oxygen atoms in total. The molecule has 2 aromatic carbocycles. The van der Waals surface area contributed by atoms with Crippen LogP contribution in [0, 0.1) is 6.92 Å². The number of ether oxygens (including phenoxy) is 1. The van der Waals surface area contributed by atoms with Gasteiger partial charge in [-0.3, -0.25) is 4.79 Å². The van der Waals surface area contributed by atoms with Gasteiger partial charge >= 0.3 is 6.03 Å². The minimum absolute atomic E-state index is 0.0812. The Morgan fingerprint density at radius 3 is 2.52 bits per heavy atom. The van der Waals surface area contributed by atoms with E-state index in [2.05, 4.69) is 5.32 Å². The average molecular weight is 341 g/mol. The van der Waals surface area contributed by atoms with Gasteiger partial charge in [0.25, 0.3) is 5.91 Å². The molecule has 2 aromatic rings. The number of nitrogens with two attached hydrogens (primary N) is 1. The molecule has 3 amide bonds.